The lowest BCUT2D eigenvalue weighted by molar-refractivity contribution is -0.139. The summed E-state index contributed by atoms with van der Waals surface area (Å²) in [5.74, 6) is 1.20. The summed E-state index contributed by atoms with van der Waals surface area (Å²) in [5, 5.41) is 3.78. The van der Waals surface area contributed by atoms with E-state index in [9.17, 15) is 4.79 Å². The highest BCUT2D eigenvalue weighted by molar-refractivity contribution is 8.00. The molecule has 4 nitrogen and oxygen atoms in total. The van der Waals surface area contributed by atoms with Crippen LogP contribution in [-0.2, 0) is 16.0 Å². The molecule has 2 atom stereocenters. The largest absolute Gasteiger partial charge is 0.497 e. The van der Waals surface area contributed by atoms with E-state index in [0.29, 0.717) is 17.6 Å². The first-order chi connectivity index (χ1) is 10.2. The second kappa shape index (κ2) is 7.71. The van der Waals surface area contributed by atoms with Crippen LogP contribution in [0.5, 0.6) is 5.75 Å². The SMILES string of the molecule is CCOC(=O)CSC1CCc2cc(OC)ccc2C1NC. The molecule has 0 aliphatic heterocycles. The maximum atomic E-state index is 11.5. The summed E-state index contributed by atoms with van der Waals surface area (Å²) in [6, 6.07) is 6.51. The molecule has 0 aromatic heterocycles. The van der Waals surface area contributed by atoms with Gasteiger partial charge >= 0.3 is 5.97 Å². The van der Waals surface area contributed by atoms with Gasteiger partial charge < -0.3 is 14.8 Å². The van der Waals surface area contributed by atoms with E-state index >= 15 is 0 Å². The van der Waals surface area contributed by atoms with E-state index in [1.54, 1.807) is 18.9 Å². The molecular formula is C16H23NO3S. The van der Waals surface area contributed by atoms with Gasteiger partial charge in [-0.25, -0.2) is 0 Å². The molecule has 1 aromatic carbocycles. The molecule has 5 heteroatoms. The Kier molecular flexibility index (Phi) is 5.94. The zero-order valence-electron chi connectivity index (χ0n) is 12.8. The highest BCUT2D eigenvalue weighted by Gasteiger charge is 2.29. The fraction of sp³-hybridized carbons (Fsp3) is 0.562. The van der Waals surface area contributed by atoms with Crippen LogP contribution in [0.25, 0.3) is 0 Å². The monoisotopic (exact) mass is 309 g/mol. The van der Waals surface area contributed by atoms with Gasteiger partial charge in [0.2, 0.25) is 0 Å². The molecule has 116 valence electrons. The van der Waals surface area contributed by atoms with Crippen molar-refractivity contribution in [1.82, 2.24) is 5.32 Å². The molecule has 0 fully saturated rings. The Balaban J connectivity index is 2.07. The number of carbonyl (C=O) groups excluding carboxylic acids is 1. The van der Waals surface area contributed by atoms with E-state index in [-0.39, 0.29) is 12.0 Å². The number of nitrogens with one attached hydrogen (secondary N) is 1. The van der Waals surface area contributed by atoms with Crippen LogP contribution < -0.4 is 10.1 Å². The molecule has 1 aromatic rings. The summed E-state index contributed by atoms with van der Waals surface area (Å²) < 4.78 is 10.3. The third-order valence-corrected chi connectivity index (χ3v) is 5.13. The van der Waals surface area contributed by atoms with Crippen LogP contribution in [0.2, 0.25) is 0 Å². The second-order valence-corrected chi connectivity index (χ2v) is 6.25. The molecule has 0 saturated heterocycles. The molecule has 0 spiro atoms. The Labute approximate surface area is 130 Å². The van der Waals surface area contributed by atoms with Gasteiger partial charge in [-0.15, -0.1) is 11.8 Å². The predicted octanol–water partition coefficient (Wildman–Crippen LogP) is 2.57. The molecule has 1 aliphatic rings. The zero-order valence-corrected chi connectivity index (χ0v) is 13.7. The quantitative estimate of drug-likeness (QED) is 0.818. The van der Waals surface area contributed by atoms with E-state index in [2.05, 4.69) is 17.4 Å². The average Bonchev–Trinajstić information content (AvgIpc) is 2.51. The van der Waals surface area contributed by atoms with Crippen molar-refractivity contribution in [3.63, 3.8) is 0 Å². The number of aryl methyl sites for hydroxylation is 1. The minimum absolute atomic E-state index is 0.127. The second-order valence-electron chi connectivity index (χ2n) is 5.02. The van der Waals surface area contributed by atoms with Crippen molar-refractivity contribution < 1.29 is 14.3 Å². The van der Waals surface area contributed by atoms with Gasteiger partial charge in [0, 0.05) is 11.3 Å². The molecule has 0 heterocycles. The summed E-state index contributed by atoms with van der Waals surface area (Å²) in [6.07, 6.45) is 2.07. The van der Waals surface area contributed by atoms with Crippen LogP contribution in [0.4, 0.5) is 0 Å². The van der Waals surface area contributed by atoms with Gasteiger partial charge in [-0.2, -0.15) is 0 Å². The Morgan fingerprint density at radius 3 is 2.95 bits per heavy atom. The maximum absolute atomic E-state index is 11.5. The van der Waals surface area contributed by atoms with Crippen LogP contribution in [0.15, 0.2) is 18.2 Å². The normalized spacial score (nSPS) is 20.7. The van der Waals surface area contributed by atoms with Gasteiger partial charge in [0.15, 0.2) is 0 Å². The highest BCUT2D eigenvalue weighted by atomic mass is 32.2. The molecule has 21 heavy (non-hydrogen) atoms. The minimum Gasteiger partial charge on any atom is -0.497 e. The highest BCUT2D eigenvalue weighted by Crippen LogP contribution is 2.38. The van der Waals surface area contributed by atoms with E-state index in [0.717, 1.165) is 18.6 Å². The minimum atomic E-state index is -0.127. The summed E-state index contributed by atoms with van der Waals surface area (Å²) in [6.45, 7) is 2.28. The molecule has 1 aliphatic carbocycles. The lowest BCUT2D eigenvalue weighted by Gasteiger charge is -2.33. The predicted molar refractivity (Wildman–Crippen MR) is 86.0 cm³/mol. The first-order valence-electron chi connectivity index (χ1n) is 7.30. The lowest BCUT2D eigenvalue weighted by Crippen LogP contribution is -2.33. The summed E-state index contributed by atoms with van der Waals surface area (Å²) >= 11 is 1.68. The average molecular weight is 309 g/mol. The van der Waals surface area contributed by atoms with Crippen molar-refractivity contribution >= 4 is 17.7 Å². The molecule has 0 bridgehead atoms. The maximum Gasteiger partial charge on any atom is 0.315 e. The van der Waals surface area contributed by atoms with Crippen LogP contribution in [0.3, 0.4) is 0 Å². The Morgan fingerprint density at radius 1 is 1.48 bits per heavy atom. The topological polar surface area (TPSA) is 47.6 Å². The number of hydrogen-bond acceptors (Lipinski definition) is 5. The number of hydrogen-bond donors (Lipinski definition) is 1. The van der Waals surface area contributed by atoms with E-state index in [4.69, 9.17) is 9.47 Å². The van der Waals surface area contributed by atoms with Crippen molar-refractivity contribution in [2.45, 2.75) is 31.1 Å². The fourth-order valence-corrected chi connectivity index (χ4v) is 3.99. The lowest BCUT2D eigenvalue weighted by atomic mass is 9.87. The number of fused-ring (bicyclic) bond motifs is 1. The van der Waals surface area contributed by atoms with E-state index < -0.39 is 0 Å². The third kappa shape index (κ3) is 3.92. The first-order valence-corrected chi connectivity index (χ1v) is 8.35. The van der Waals surface area contributed by atoms with Crippen molar-refractivity contribution in [3.8, 4) is 5.75 Å². The summed E-state index contributed by atoms with van der Waals surface area (Å²) in [4.78, 5) is 11.5. The molecule has 1 N–H and O–H groups in total. The van der Waals surface area contributed by atoms with Crippen LogP contribution in [0, 0.1) is 0 Å². The number of ether oxygens (including phenoxy) is 2. The standard InChI is InChI=1S/C16H23NO3S/c1-4-20-15(18)10-21-14-8-5-11-9-12(19-3)6-7-13(11)16(14)17-2/h6-7,9,14,16-17H,4-5,8,10H2,1-3H3. The Bertz CT molecular complexity index is 492. The van der Waals surface area contributed by atoms with Gasteiger partial charge in [0.25, 0.3) is 0 Å². The van der Waals surface area contributed by atoms with E-state index in [1.807, 2.05) is 20.0 Å². The third-order valence-electron chi connectivity index (χ3n) is 3.79. The Morgan fingerprint density at radius 2 is 2.29 bits per heavy atom. The number of thioether (sulfide) groups is 1. The number of methoxy groups -OCH3 is 1. The molecular weight excluding hydrogens is 286 g/mol. The molecule has 0 radical (unpaired) electrons. The van der Waals surface area contributed by atoms with Crippen molar-refractivity contribution in [2.75, 3.05) is 26.5 Å². The van der Waals surface area contributed by atoms with Gasteiger partial charge in [-0.3, -0.25) is 4.79 Å². The van der Waals surface area contributed by atoms with E-state index in [1.165, 1.54) is 11.1 Å². The van der Waals surface area contributed by atoms with Gasteiger partial charge in [-0.1, -0.05) is 6.07 Å². The van der Waals surface area contributed by atoms with Crippen LogP contribution in [-0.4, -0.2) is 37.7 Å². The smallest absolute Gasteiger partial charge is 0.315 e. The molecule has 2 rings (SSSR count). The first kappa shape index (κ1) is 16.2. The summed E-state index contributed by atoms with van der Waals surface area (Å²) in [5.41, 5.74) is 2.65. The summed E-state index contributed by atoms with van der Waals surface area (Å²) in [7, 11) is 3.67. The van der Waals surface area contributed by atoms with Gasteiger partial charge in [-0.05, 0) is 50.1 Å². The van der Waals surface area contributed by atoms with Gasteiger partial charge in [0.1, 0.15) is 5.75 Å². The van der Waals surface area contributed by atoms with Gasteiger partial charge in [0.05, 0.1) is 19.5 Å². The Hall–Kier alpha value is -1.20. The van der Waals surface area contributed by atoms with Crippen LogP contribution in [0.1, 0.15) is 30.5 Å². The molecule has 0 amide bonds. The van der Waals surface area contributed by atoms with Crippen molar-refractivity contribution in [3.05, 3.63) is 29.3 Å². The number of esters is 1. The van der Waals surface area contributed by atoms with Crippen LogP contribution >= 0.6 is 11.8 Å². The molecule has 0 saturated carbocycles. The fourth-order valence-electron chi connectivity index (χ4n) is 2.79. The van der Waals surface area contributed by atoms with Crippen molar-refractivity contribution in [2.24, 2.45) is 0 Å². The number of carbonyl (C=O) groups is 1. The van der Waals surface area contributed by atoms with Crippen molar-refractivity contribution in [1.29, 1.82) is 0 Å². The zero-order chi connectivity index (χ0) is 15.2. The number of benzene rings is 1. The molecule has 2 unspecified atom stereocenters. The number of rotatable bonds is 6.